The summed E-state index contributed by atoms with van der Waals surface area (Å²) in [5.41, 5.74) is 1.08. The number of carboxylic acids is 1. The third-order valence-electron chi connectivity index (χ3n) is 4.91. The molecule has 1 aromatic carbocycles. The molecule has 3 rings (SSSR count). The van der Waals surface area contributed by atoms with Crippen LogP contribution in [-0.4, -0.2) is 11.1 Å². The van der Waals surface area contributed by atoms with Crippen molar-refractivity contribution in [3.8, 4) is 0 Å². The van der Waals surface area contributed by atoms with Gasteiger partial charge in [-0.15, -0.1) is 0 Å². The lowest BCUT2D eigenvalue weighted by Gasteiger charge is -2.37. The molecule has 2 nitrogen and oxygen atoms in total. The summed E-state index contributed by atoms with van der Waals surface area (Å²) in [6.45, 7) is 0. The zero-order valence-electron chi connectivity index (χ0n) is 9.98. The molecule has 0 amide bonds. The molecule has 2 saturated carbocycles. The van der Waals surface area contributed by atoms with Crippen LogP contribution < -0.4 is 0 Å². The van der Waals surface area contributed by atoms with Crippen molar-refractivity contribution in [1.82, 2.24) is 0 Å². The van der Waals surface area contributed by atoms with Crippen molar-refractivity contribution in [2.75, 3.05) is 0 Å². The monoisotopic (exact) mass is 230 g/mol. The molecule has 0 aliphatic heterocycles. The highest BCUT2D eigenvalue weighted by Crippen LogP contribution is 2.59. The summed E-state index contributed by atoms with van der Waals surface area (Å²) in [6.07, 6.45) is 5.84. The van der Waals surface area contributed by atoms with E-state index in [9.17, 15) is 9.90 Å². The van der Waals surface area contributed by atoms with Crippen LogP contribution in [0.2, 0.25) is 0 Å². The van der Waals surface area contributed by atoms with E-state index in [1.54, 1.807) is 0 Å². The zero-order chi connectivity index (χ0) is 11.9. The smallest absolute Gasteiger partial charge is 0.309 e. The van der Waals surface area contributed by atoms with E-state index in [1.165, 1.54) is 5.56 Å². The number of carboxylic acid groups (broad SMARTS) is 1. The minimum Gasteiger partial charge on any atom is -0.481 e. The molecule has 0 heterocycles. The third kappa shape index (κ3) is 1.50. The lowest BCUT2D eigenvalue weighted by molar-refractivity contribution is -0.150. The summed E-state index contributed by atoms with van der Waals surface area (Å²) >= 11 is 0. The van der Waals surface area contributed by atoms with Crippen LogP contribution in [0.15, 0.2) is 30.3 Å². The van der Waals surface area contributed by atoms with E-state index in [-0.39, 0.29) is 5.41 Å². The second-order valence-electron chi connectivity index (χ2n) is 5.76. The SMILES string of the molecule is O=C(O)C12CCCC(c3ccccc3)(CC1)C2. The number of fused-ring (bicyclic) bond motifs is 2. The van der Waals surface area contributed by atoms with Crippen molar-refractivity contribution < 1.29 is 9.90 Å². The second-order valence-corrected chi connectivity index (χ2v) is 5.76. The van der Waals surface area contributed by atoms with Gasteiger partial charge in [-0.25, -0.2) is 0 Å². The van der Waals surface area contributed by atoms with Crippen LogP contribution in [0.1, 0.15) is 44.1 Å². The van der Waals surface area contributed by atoms with E-state index in [4.69, 9.17) is 0 Å². The van der Waals surface area contributed by atoms with Gasteiger partial charge in [-0.2, -0.15) is 0 Å². The van der Waals surface area contributed by atoms with Gasteiger partial charge in [-0.1, -0.05) is 36.8 Å². The van der Waals surface area contributed by atoms with Crippen molar-refractivity contribution in [1.29, 1.82) is 0 Å². The first-order valence-corrected chi connectivity index (χ1v) is 6.46. The fraction of sp³-hybridized carbons (Fsp3) is 0.533. The molecule has 0 spiro atoms. The first kappa shape index (κ1) is 10.8. The average molecular weight is 230 g/mol. The molecule has 17 heavy (non-hydrogen) atoms. The predicted molar refractivity (Wildman–Crippen MR) is 65.9 cm³/mol. The van der Waals surface area contributed by atoms with E-state index >= 15 is 0 Å². The Bertz CT molecular complexity index is 439. The first-order valence-electron chi connectivity index (χ1n) is 6.46. The van der Waals surface area contributed by atoms with Crippen LogP contribution in [0.3, 0.4) is 0 Å². The molecule has 2 fully saturated rings. The molecular weight excluding hydrogens is 212 g/mol. The van der Waals surface area contributed by atoms with Crippen LogP contribution >= 0.6 is 0 Å². The number of hydrogen-bond acceptors (Lipinski definition) is 1. The highest BCUT2D eigenvalue weighted by atomic mass is 16.4. The van der Waals surface area contributed by atoms with Gasteiger partial charge < -0.3 is 5.11 Å². The van der Waals surface area contributed by atoms with Gasteiger partial charge in [-0.3, -0.25) is 4.79 Å². The molecule has 1 N–H and O–H groups in total. The van der Waals surface area contributed by atoms with Gasteiger partial charge in [-0.05, 0) is 43.1 Å². The predicted octanol–water partition coefficient (Wildman–Crippen LogP) is 3.36. The summed E-state index contributed by atoms with van der Waals surface area (Å²) in [4.78, 5) is 11.5. The maximum absolute atomic E-state index is 11.5. The lowest BCUT2D eigenvalue weighted by Crippen LogP contribution is -2.36. The van der Waals surface area contributed by atoms with Crippen LogP contribution in [-0.2, 0) is 10.2 Å². The second kappa shape index (κ2) is 3.59. The normalized spacial score (nSPS) is 35.8. The molecule has 2 heteroatoms. The van der Waals surface area contributed by atoms with Crippen LogP contribution in [0.5, 0.6) is 0 Å². The van der Waals surface area contributed by atoms with Crippen molar-refractivity contribution in [2.45, 2.75) is 43.9 Å². The van der Waals surface area contributed by atoms with Crippen molar-refractivity contribution in [3.05, 3.63) is 35.9 Å². The summed E-state index contributed by atoms with van der Waals surface area (Å²) in [5.74, 6) is -0.574. The quantitative estimate of drug-likeness (QED) is 0.845. The van der Waals surface area contributed by atoms with Gasteiger partial charge in [0, 0.05) is 0 Å². The van der Waals surface area contributed by atoms with E-state index in [0.717, 1.165) is 38.5 Å². The molecule has 90 valence electrons. The Morgan fingerprint density at radius 3 is 2.53 bits per heavy atom. The Hall–Kier alpha value is -1.31. The molecule has 2 atom stereocenters. The molecule has 2 aliphatic rings. The Balaban J connectivity index is 1.99. The topological polar surface area (TPSA) is 37.3 Å². The summed E-state index contributed by atoms with van der Waals surface area (Å²) < 4.78 is 0. The van der Waals surface area contributed by atoms with E-state index < -0.39 is 11.4 Å². The zero-order valence-corrected chi connectivity index (χ0v) is 9.98. The third-order valence-corrected chi connectivity index (χ3v) is 4.91. The standard InChI is InChI=1S/C15H18O2/c16-13(17)15-8-4-7-14(11-15,9-10-15)12-5-2-1-3-6-12/h1-3,5-6H,4,7-11H2,(H,16,17). The fourth-order valence-electron chi connectivity index (χ4n) is 3.97. The van der Waals surface area contributed by atoms with Crippen molar-refractivity contribution in [3.63, 3.8) is 0 Å². The number of rotatable bonds is 2. The Morgan fingerprint density at radius 1 is 1.06 bits per heavy atom. The number of benzene rings is 1. The van der Waals surface area contributed by atoms with Crippen molar-refractivity contribution in [2.24, 2.45) is 5.41 Å². The van der Waals surface area contributed by atoms with Crippen LogP contribution in [0.25, 0.3) is 0 Å². The molecule has 2 unspecified atom stereocenters. The van der Waals surface area contributed by atoms with Gasteiger partial charge in [0.05, 0.1) is 5.41 Å². The molecule has 2 aliphatic carbocycles. The van der Waals surface area contributed by atoms with Gasteiger partial charge in [0.15, 0.2) is 0 Å². The summed E-state index contributed by atoms with van der Waals surface area (Å²) in [7, 11) is 0. The number of carbonyl (C=O) groups is 1. The van der Waals surface area contributed by atoms with Crippen LogP contribution in [0, 0.1) is 5.41 Å². The largest absolute Gasteiger partial charge is 0.481 e. The maximum atomic E-state index is 11.5. The number of aliphatic carboxylic acids is 1. The fourth-order valence-corrected chi connectivity index (χ4v) is 3.97. The summed E-state index contributed by atoms with van der Waals surface area (Å²) in [5, 5.41) is 9.48. The molecule has 0 radical (unpaired) electrons. The number of hydrogen-bond donors (Lipinski definition) is 1. The average Bonchev–Trinajstić information content (AvgIpc) is 2.65. The van der Waals surface area contributed by atoms with Crippen molar-refractivity contribution >= 4 is 5.97 Å². The molecule has 1 aromatic rings. The van der Waals surface area contributed by atoms with Gasteiger partial charge in [0.25, 0.3) is 0 Å². The summed E-state index contributed by atoms with van der Waals surface area (Å²) in [6, 6.07) is 10.5. The van der Waals surface area contributed by atoms with Gasteiger partial charge in [0.1, 0.15) is 0 Å². The Kier molecular flexibility index (Phi) is 2.29. The highest BCUT2D eigenvalue weighted by Gasteiger charge is 2.55. The molecule has 2 bridgehead atoms. The van der Waals surface area contributed by atoms with E-state index in [0.29, 0.717) is 0 Å². The van der Waals surface area contributed by atoms with Gasteiger partial charge in [0.2, 0.25) is 0 Å². The lowest BCUT2D eigenvalue weighted by atomic mass is 9.66. The highest BCUT2D eigenvalue weighted by molar-refractivity contribution is 5.76. The first-order chi connectivity index (χ1) is 8.17. The van der Waals surface area contributed by atoms with E-state index in [1.807, 2.05) is 6.07 Å². The Morgan fingerprint density at radius 2 is 1.82 bits per heavy atom. The van der Waals surface area contributed by atoms with Gasteiger partial charge >= 0.3 is 5.97 Å². The molecule has 0 aromatic heterocycles. The van der Waals surface area contributed by atoms with E-state index in [2.05, 4.69) is 24.3 Å². The van der Waals surface area contributed by atoms with Crippen LogP contribution in [0.4, 0.5) is 0 Å². The molecule has 0 saturated heterocycles. The minimum absolute atomic E-state index is 0.151. The molecular formula is C15H18O2. The minimum atomic E-state index is -0.574. The Labute approximate surface area is 102 Å². The maximum Gasteiger partial charge on any atom is 0.309 e.